The lowest BCUT2D eigenvalue weighted by molar-refractivity contribution is 0.100. The van der Waals surface area contributed by atoms with Crippen LogP contribution in [0.3, 0.4) is 0 Å². The summed E-state index contributed by atoms with van der Waals surface area (Å²) in [5, 5.41) is 6.49. The Morgan fingerprint density at radius 3 is 2.29 bits per heavy atom. The molecule has 0 saturated heterocycles. The van der Waals surface area contributed by atoms with Crippen LogP contribution in [0.15, 0.2) is 30.3 Å². The Morgan fingerprint density at radius 1 is 1.16 bits per heavy atom. The third kappa shape index (κ3) is 8.71. The van der Waals surface area contributed by atoms with E-state index in [1.807, 2.05) is 0 Å². The van der Waals surface area contributed by atoms with Gasteiger partial charge in [-0.05, 0) is 41.4 Å². The highest BCUT2D eigenvalue weighted by atomic mass is 32.1. The average Bonchev–Trinajstić information content (AvgIpc) is 3.01. The highest BCUT2D eigenvalue weighted by Crippen LogP contribution is 2.29. The van der Waals surface area contributed by atoms with Crippen LogP contribution in [0.5, 0.6) is 0 Å². The minimum absolute atomic E-state index is 0.142. The molecule has 2 unspecified atom stereocenters. The molecule has 0 aliphatic carbocycles. The van der Waals surface area contributed by atoms with Gasteiger partial charge in [0, 0.05) is 23.9 Å². The van der Waals surface area contributed by atoms with Gasteiger partial charge in [0.25, 0.3) is 5.91 Å². The molecule has 3 amide bonds. The smallest absolute Gasteiger partial charge is 0.317 e. The van der Waals surface area contributed by atoms with E-state index in [4.69, 9.17) is 11.5 Å². The Hall–Kier alpha value is -2.38. The van der Waals surface area contributed by atoms with Crippen LogP contribution < -0.4 is 22.1 Å². The Labute approximate surface area is 189 Å². The monoisotopic (exact) mass is 442 g/mol. The molecule has 31 heavy (non-hydrogen) atoms. The molecule has 2 atom stereocenters. The predicted molar refractivity (Wildman–Crippen MR) is 129 cm³/mol. The highest BCUT2D eigenvalue weighted by molar-refractivity contribution is 7.16. The first-order valence-corrected chi connectivity index (χ1v) is 11.2. The highest BCUT2D eigenvalue weighted by Gasteiger charge is 2.20. The number of hydrogen-bond donors (Lipinski definition) is 4. The fourth-order valence-corrected chi connectivity index (χ4v) is 4.49. The van der Waals surface area contributed by atoms with Crippen LogP contribution in [0.25, 0.3) is 0 Å². The van der Waals surface area contributed by atoms with Crippen LogP contribution >= 0.6 is 11.3 Å². The van der Waals surface area contributed by atoms with E-state index in [-0.39, 0.29) is 11.0 Å². The quantitative estimate of drug-likeness (QED) is 0.435. The first-order valence-electron chi connectivity index (χ1n) is 10.4. The van der Waals surface area contributed by atoms with Gasteiger partial charge in [0.15, 0.2) is 0 Å². The number of benzene rings is 1. The van der Waals surface area contributed by atoms with Crippen LogP contribution in [0.1, 0.15) is 60.5 Å². The molecule has 7 heteroatoms. The predicted octanol–water partition coefficient (Wildman–Crippen LogP) is 4.50. The molecule has 1 aromatic heterocycles. The number of anilines is 1. The number of carbonyl (C=O) groups excluding carboxylic acids is 2. The zero-order valence-electron chi connectivity index (χ0n) is 18.8. The number of nitrogens with two attached hydrogens (primary N) is 2. The first-order chi connectivity index (χ1) is 14.4. The molecule has 6 N–H and O–H groups in total. The van der Waals surface area contributed by atoms with Crippen molar-refractivity contribution in [1.82, 2.24) is 5.32 Å². The SMILES string of the molecule is [CH2]C(C)CC([CH]C(C)(C)C)NCc1ccc(Cc2cc(C(N)=O)c(NC(N)=O)s2)cc1. The first kappa shape index (κ1) is 24.9. The number of thiophene rings is 1. The lowest BCUT2D eigenvalue weighted by atomic mass is 9.85. The van der Waals surface area contributed by atoms with Crippen molar-refractivity contribution in [2.45, 2.75) is 53.1 Å². The molecule has 0 saturated carbocycles. The minimum Gasteiger partial charge on any atom is -0.366 e. The van der Waals surface area contributed by atoms with E-state index < -0.39 is 11.9 Å². The van der Waals surface area contributed by atoms with Crippen LogP contribution in [-0.2, 0) is 13.0 Å². The van der Waals surface area contributed by atoms with E-state index in [2.05, 4.69) is 75.9 Å². The number of carbonyl (C=O) groups is 2. The second kappa shape index (κ2) is 10.8. The van der Waals surface area contributed by atoms with Crippen molar-refractivity contribution in [1.29, 1.82) is 0 Å². The fourth-order valence-electron chi connectivity index (χ4n) is 3.39. The van der Waals surface area contributed by atoms with Gasteiger partial charge < -0.3 is 16.8 Å². The molecule has 0 spiro atoms. The van der Waals surface area contributed by atoms with Crippen molar-refractivity contribution in [3.8, 4) is 0 Å². The maximum atomic E-state index is 11.6. The average molecular weight is 443 g/mol. The van der Waals surface area contributed by atoms with Crippen molar-refractivity contribution in [3.63, 3.8) is 0 Å². The van der Waals surface area contributed by atoms with E-state index in [0.717, 1.165) is 23.4 Å². The van der Waals surface area contributed by atoms with Gasteiger partial charge in [0.05, 0.1) is 5.56 Å². The molecule has 0 bridgehead atoms. The number of nitrogens with one attached hydrogen (secondary N) is 2. The lowest BCUT2D eigenvalue weighted by Gasteiger charge is -2.28. The summed E-state index contributed by atoms with van der Waals surface area (Å²) in [6.07, 6.45) is 3.99. The normalized spacial score (nSPS) is 12.7. The Bertz CT molecular complexity index is 882. The van der Waals surface area contributed by atoms with Gasteiger partial charge in [-0.25, -0.2) is 4.79 Å². The number of rotatable bonds is 10. The molecule has 0 aliphatic heterocycles. The van der Waals surface area contributed by atoms with Crippen molar-refractivity contribution < 1.29 is 9.59 Å². The molecule has 0 aliphatic rings. The molecule has 0 fully saturated rings. The van der Waals surface area contributed by atoms with Crippen molar-refractivity contribution in [3.05, 3.63) is 65.2 Å². The molecule has 6 nitrogen and oxygen atoms in total. The maximum absolute atomic E-state index is 11.6. The second-order valence-electron chi connectivity index (χ2n) is 9.16. The van der Waals surface area contributed by atoms with E-state index in [0.29, 0.717) is 23.4 Å². The van der Waals surface area contributed by atoms with E-state index >= 15 is 0 Å². The van der Waals surface area contributed by atoms with Crippen LogP contribution in [-0.4, -0.2) is 18.0 Å². The fraction of sp³-hybridized carbons (Fsp3) is 0.417. The molecular weight excluding hydrogens is 408 g/mol. The van der Waals surface area contributed by atoms with E-state index in [9.17, 15) is 9.59 Å². The topological polar surface area (TPSA) is 110 Å². The van der Waals surface area contributed by atoms with Crippen molar-refractivity contribution >= 4 is 28.3 Å². The number of hydrogen-bond acceptors (Lipinski definition) is 4. The summed E-state index contributed by atoms with van der Waals surface area (Å²) in [5.74, 6) is -0.214. The molecule has 168 valence electrons. The standard InChI is InChI=1S/C24H34N4O2S/c1-15(2)10-18(13-24(3,4)5)27-14-17-8-6-16(7-9-17)11-19-12-20(21(25)29)22(31-19)28-23(26)30/h6-9,12-13,15,18,27H,1,10-11,14H2,2-5H3,(H2,25,29)(H3,26,28,30). The van der Waals surface area contributed by atoms with Crippen LogP contribution in [0.2, 0.25) is 0 Å². The van der Waals surface area contributed by atoms with Gasteiger partial charge in [-0.3, -0.25) is 10.1 Å². The molecule has 1 heterocycles. The molecular formula is C24H34N4O2S. The van der Waals surface area contributed by atoms with Gasteiger partial charge in [0.1, 0.15) is 5.00 Å². The van der Waals surface area contributed by atoms with Crippen molar-refractivity contribution in [2.75, 3.05) is 5.32 Å². The Kier molecular flexibility index (Phi) is 8.65. The van der Waals surface area contributed by atoms with Crippen LogP contribution in [0, 0.1) is 24.7 Å². The third-order valence-electron chi connectivity index (χ3n) is 4.61. The Morgan fingerprint density at radius 2 is 1.77 bits per heavy atom. The summed E-state index contributed by atoms with van der Waals surface area (Å²) in [6, 6.07) is 9.66. The van der Waals surface area contributed by atoms with E-state index in [1.165, 1.54) is 16.9 Å². The number of amides is 3. The van der Waals surface area contributed by atoms with Gasteiger partial charge in [0.2, 0.25) is 0 Å². The molecule has 1 aromatic carbocycles. The van der Waals surface area contributed by atoms with Crippen LogP contribution in [0.4, 0.5) is 9.80 Å². The van der Waals surface area contributed by atoms with E-state index in [1.54, 1.807) is 6.07 Å². The summed E-state index contributed by atoms with van der Waals surface area (Å²) >= 11 is 1.31. The van der Waals surface area contributed by atoms with Gasteiger partial charge in [-0.2, -0.15) is 0 Å². The van der Waals surface area contributed by atoms with Crippen molar-refractivity contribution in [2.24, 2.45) is 22.8 Å². The summed E-state index contributed by atoms with van der Waals surface area (Å²) in [7, 11) is 0. The Balaban J connectivity index is 2.01. The largest absolute Gasteiger partial charge is 0.366 e. The molecule has 2 radical (unpaired) electrons. The maximum Gasteiger partial charge on any atom is 0.317 e. The van der Waals surface area contributed by atoms with Gasteiger partial charge >= 0.3 is 6.03 Å². The van der Waals surface area contributed by atoms with Gasteiger partial charge in [-0.1, -0.05) is 58.9 Å². The second-order valence-corrected chi connectivity index (χ2v) is 10.3. The summed E-state index contributed by atoms with van der Waals surface area (Å²) in [4.78, 5) is 23.7. The summed E-state index contributed by atoms with van der Waals surface area (Å²) < 4.78 is 0. The lowest BCUT2D eigenvalue weighted by Crippen LogP contribution is -2.34. The number of primary amides is 2. The zero-order chi connectivity index (χ0) is 23.2. The van der Waals surface area contributed by atoms with Gasteiger partial charge in [-0.15, -0.1) is 11.3 Å². The number of urea groups is 1. The zero-order valence-corrected chi connectivity index (χ0v) is 19.6. The molecule has 2 rings (SSSR count). The minimum atomic E-state index is -0.719. The summed E-state index contributed by atoms with van der Waals surface area (Å²) in [5.41, 5.74) is 13.3. The summed E-state index contributed by atoms with van der Waals surface area (Å²) in [6.45, 7) is 13.7. The molecule has 2 aromatic rings. The third-order valence-corrected chi connectivity index (χ3v) is 5.66.